The summed E-state index contributed by atoms with van der Waals surface area (Å²) in [6.45, 7) is 0.177. The van der Waals surface area contributed by atoms with Gasteiger partial charge in [-0.15, -0.1) is 0 Å². The smallest absolute Gasteiger partial charge is 0.326 e. The minimum atomic E-state index is -1.17. The minimum absolute atomic E-state index is 0.0477. The molecule has 1 saturated carbocycles. The molecule has 7 heteroatoms. The Balaban J connectivity index is 1.55. The number of amides is 4. The van der Waals surface area contributed by atoms with E-state index in [1.54, 1.807) is 11.9 Å². The summed E-state index contributed by atoms with van der Waals surface area (Å²) in [4.78, 5) is 41.4. The van der Waals surface area contributed by atoms with Crippen molar-refractivity contribution >= 4 is 17.8 Å². The van der Waals surface area contributed by atoms with Crippen LogP contribution in [0.5, 0.6) is 0 Å². The fourth-order valence-electron chi connectivity index (χ4n) is 3.83. The summed E-state index contributed by atoms with van der Waals surface area (Å²) in [6, 6.07) is 18.8. The van der Waals surface area contributed by atoms with Crippen LogP contribution >= 0.6 is 0 Å². The van der Waals surface area contributed by atoms with Crippen LogP contribution in [0.4, 0.5) is 4.79 Å². The Morgan fingerprint density at radius 3 is 2.37 bits per heavy atom. The van der Waals surface area contributed by atoms with Crippen LogP contribution in [0.3, 0.4) is 0 Å². The number of nitrogens with zero attached hydrogens (tertiary/aromatic N) is 2. The molecule has 0 radical (unpaired) electrons. The van der Waals surface area contributed by atoms with E-state index in [9.17, 15) is 14.4 Å². The van der Waals surface area contributed by atoms with Crippen LogP contribution in [-0.2, 0) is 21.5 Å². The molecule has 1 atom stereocenters. The molecule has 1 aliphatic carbocycles. The van der Waals surface area contributed by atoms with E-state index < -0.39 is 11.6 Å². The monoisotopic (exact) mass is 406 g/mol. The Labute approximate surface area is 176 Å². The van der Waals surface area contributed by atoms with E-state index in [0.717, 1.165) is 24.0 Å². The first kappa shape index (κ1) is 20.1. The van der Waals surface area contributed by atoms with Crippen molar-refractivity contribution in [3.8, 4) is 0 Å². The zero-order valence-electron chi connectivity index (χ0n) is 17.0. The van der Waals surface area contributed by atoms with Crippen LogP contribution in [0.25, 0.3) is 0 Å². The first-order valence-electron chi connectivity index (χ1n) is 10.2. The number of likely N-dealkylation sites (N-methyl/N-ethyl adjacent to an activating group) is 1. The quantitative estimate of drug-likeness (QED) is 0.656. The van der Waals surface area contributed by atoms with Gasteiger partial charge < -0.3 is 10.6 Å². The highest BCUT2D eigenvalue weighted by Crippen LogP contribution is 2.33. The molecule has 4 rings (SSSR count). The molecule has 0 bridgehead atoms. The standard InChI is InChI=1S/C23H26N4O3/c1-26(15-20(28)24-19-12-13-19)16-27-21(29)23(25-22(27)30,18-10-6-3-7-11-18)14-17-8-4-2-5-9-17/h2-11,19H,12-16H2,1H3,(H,24,28)(H,25,30)/t23-/m1/s1. The van der Waals surface area contributed by atoms with Gasteiger partial charge in [-0.3, -0.25) is 14.5 Å². The lowest BCUT2D eigenvalue weighted by atomic mass is 9.83. The molecule has 0 aromatic heterocycles. The Morgan fingerprint density at radius 2 is 1.73 bits per heavy atom. The number of rotatable bonds is 8. The number of benzene rings is 2. The van der Waals surface area contributed by atoms with E-state index in [2.05, 4.69) is 10.6 Å². The van der Waals surface area contributed by atoms with E-state index in [0.29, 0.717) is 6.42 Å². The van der Waals surface area contributed by atoms with Crippen LogP contribution in [0, 0.1) is 0 Å². The van der Waals surface area contributed by atoms with Gasteiger partial charge in [-0.05, 0) is 31.0 Å². The first-order valence-corrected chi connectivity index (χ1v) is 10.2. The summed E-state index contributed by atoms with van der Waals surface area (Å²) in [5, 5.41) is 5.87. The van der Waals surface area contributed by atoms with Gasteiger partial charge in [0.1, 0.15) is 0 Å². The molecule has 156 valence electrons. The molecule has 2 N–H and O–H groups in total. The van der Waals surface area contributed by atoms with Crippen LogP contribution in [0.2, 0.25) is 0 Å². The molecule has 1 aliphatic heterocycles. The van der Waals surface area contributed by atoms with Crippen molar-refractivity contribution in [2.24, 2.45) is 0 Å². The number of imide groups is 1. The molecule has 4 amide bonds. The molecule has 2 aromatic rings. The van der Waals surface area contributed by atoms with Crippen LogP contribution < -0.4 is 10.6 Å². The van der Waals surface area contributed by atoms with Gasteiger partial charge in [-0.2, -0.15) is 0 Å². The Kier molecular flexibility index (Phi) is 5.55. The summed E-state index contributed by atoms with van der Waals surface area (Å²) in [5.74, 6) is -0.400. The van der Waals surface area contributed by atoms with E-state index >= 15 is 0 Å². The van der Waals surface area contributed by atoms with Crippen molar-refractivity contribution in [1.82, 2.24) is 20.4 Å². The zero-order chi connectivity index (χ0) is 21.1. The van der Waals surface area contributed by atoms with Gasteiger partial charge in [-0.25, -0.2) is 9.69 Å². The summed E-state index contributed by atoms with van der Waals surface area (Å²) in [5.41, 5.74) is 0.523. The topological polar surface area (TPSA) is 81.8 Å². The molecule has 1 heterocycles. The normalized spacial score (nSPS) is 21.1. The van der Waals surface area contributed by atoms with Gasteiger partial charge in [0.05, 0.1) is 13.2 Å². The van der Waals surface area contributed by atoms with Crippen LogP contribution in [0.15, 0.2) is 60.7 Å². The SMILES string of the molecule is CN(CC(=O)NC1CC1)CN1C(=O)N[C@](Cc2ccccc2)(c2ccccc2)C1=O. The fraction of sp³-hybridized carbons (Fsp3) is 0.348. The summed E-state index contributed by atoms with van der Waals surface area (Å²) < 4.78 is 0. The average molecular weight is 406 g/mol. The van der Waals surface area contributed by atoms with Gasteiger partial charge in [0.2, 0.25) is 5.91 Å². The van der Waals surface area contributed by atoms with E-state index in [1.165, 1.54) is 4.90 Å². The predicted octanol–water partition coefficient (Wildman–Crippen LogP) is 1.84. The van der Waals surface area contributed by atoms with Crippen molar-refractivity contribution in [1.29, 1.82) is 0 Å². The highest BCUT2D eigenvalue weighted by molar-refractivity contribution is 6.07. The maximum Gasteiger partial charge on any atom is 0.326 e. The van der Waals surface area contributed by atoms with Crippen molar-refractivity contribution < 1.29 is 14.4 Å². The average Bonchev–Trinajstić information content (AvgIpc) is 3.52. The highest BCUT2D eigenvalue weighted by Gasteiger charge is 2.52. The van der Waals surface area contributed by atoms with E-state index in [-0.39, 0.29) is 31.1 Å². The third-order valence-corrected chi connectivity index (χ3v) is 5.49. The molecule has 2 fully saturated rings. The minimum Gasteiger partial charge on any atom is -0.352 e. The number of nitrogens with one attached hydrogen (secondary N) is 2. The number of hydrogen-bond donors (Lipinski definition) is 2. The Morgan fingerprint density at radius 1 is 1.10 bits per heavy atom. The summed E-state index contributed by atoms with van der Waals surface area (Å²) in [7, 11) is 1.73. The van der Waals surface area contributed by atoms with Gasteiger partial charge in [0, 0.05) is 12.5 Å². The second-order valence-electron chi connectivity index (χ2n) is 8.09. The molecule has 30 heavy (non-hydrogen) atoms. The van der Waals surface area contributed by atoms with Crippen molar-refractivity contribution in [2.75, 3.05) is 20.3 Å². The zero-order valence-corrected chi connectivity index (χ0v) is 17.0. The number of hydrogen-bond acceptors (Lipinski definition) is 4. The van der Waals surface area contributed by atoms with E-state index in [4.69, 9.17) is 0 Å². The maximum atomic E-state index is 13.6. The molecule has 0 spiro atoms. The van der Waals surface area contributed by atoms with Crippen molar-refractivity contribution in [2.45, 2.75) is 30.8 Å². The second kappa shape index (κ2) is 8.28. The van der Waals surface area contributed by atoms with Gasteiger partial charge in [0.25, 0.3) is 5.91 Å². The number of urea groups is 1. The lowest BCUT2D eigenvalue weighted by Gasteiger charge is -2.28. The lowest BCUT2D eigenvalue weighted by Crippen LogP contribution is -2.47. The van der Waals surface area contributed by atoms with Crippen molar-refractivity contribution in [3.05, 3.63) is 71.8 Å². The molecule has 2 aliphatic rings. The summed E-state index contributed by atoms with van der Waals surface area (Å²) >= 11 is 0. The Hall–Kier alpha value is -3.19. The van der Waals surface area contributed by atoms with E-state index in [1.807, 2.05) is 60.7 Å². The third kappa shape index (κ3) is 4.21. The molecular formula is C23H26N4O3. The molecule has 7 nitrogen and oxygen atoms in total. The molecule has 2 aromatic carbocycles. The van der Waals surface area contributed by atoms with Crippen LogP contribution in [-0.4, -0.2) is 53.9 Å². The number of carbonyl (C=O) groups is 3. The third-order valence-electron chi connectivity index (χ3n) is 5.49. The number of carbonyl (C=O) groups excluding carboxylic acids is 3. The largest absolute Gasteiger partial charge is 0.352 e. The summed E-state index contributed by atoms with van der Waals surface area (Å²) in [6.07, 6.45) is 2.38. The second-order valence-corrected chi connectivity index (χ2v) is 8.09. The first-order chi connectivity index (χ1) is 14.5. The predicted molar refractivity (Wildman–Crippen MR) is 112 cm³/mol. The van der Waals surface area contributed by atoms with Gasteiger partial charge in [-0.1, -0.05) is 60.7 Å². The van der Waals surface area contributed by atoms with Gasteiger partial charge >= 0.3 is 6.03 Å². The Bertz CT molecular complexity index is 930. The lowest BCUT2D eigenvalue weighted by molar-refractivity contribution is -0.134. The van der Waals surface area contributed by atoms with Crippen molar-refractivity contribution in [3.63, 3.8) is 0 Å². The molecule has 1 saturated heterocycles. The fourth-order valence-corrected chi connectivity index (χ4v) is 3.83. The highest BCUT2D eigenvalue weighted by atomic mass is 16.2. The molecular weight excluding hydrogens is 380 g/mol. The molecule has 0 unspecified atom stereocenters. The maximum absolute atomic E-state index is 13.6. The van der Waals surface area contributed by atoms with Crippen LogP contribution in [0.1, 0.15) is 24.0 Å². The van der Waals surface area contributed by atoms with Gasteiger partial charge in [0.15, 0.2) is 5.54 Å².